The minimum atomic E-state index is -0.601. The van der Waals surface area contributed by atoms with Crippen LogP contribution in [0.1, 0.15) is 23.2 Å². The zero-order chi connectivity index (χ0) is 18.0. The average Bonchev–Trinajstić information content (AvgIpc) is 3.14. The van der Waals surface area contributed by atoms with E-state index in [9.17, 15) is 14.4 Å². The smallest absolute Gasteiger partial charge is 0.329 e. The van der Waals surface area contributed by atoms with Gasteiger partial charge >= 0.3 is 6.03 Å². The molecule has 2 heterocycles. The summed E-state index contributed by atoms with van der Waals surface area (Å²) in [4.78, 5) is 37.7. The van der Waals surface area contributed by atoms with Crippen molar-refractivity contribution in [3.8, 4) is 0 Å². The van der Waals surface area contributed by atoms with E-state index in [1.807, 2.05) is 6.26 Å². The Balaban J connectivity index is 1.85. The van der Waals surface area contributed by atoms with Gasteiger partial charge in [0.1, 0.15) is 11.8 Å². The molecule has 1 saturated heterocycles. The maximum atomic E-state index is 12.4. The van der Waals surface area contributed by atoms with Crippen molar-refractivity contribution in [2.24, 2.45) is 0 Å². The first-order valence-corrected chi connectivity index (χ1v) is 9.03. The molecule has 1 atom stereocenters. The van der Waals surface area contributed by atoms with Gasteiger partial charge in [-0.1, -0.05) is 12.1 Å². The third-order valence-corrected chi connectivity index (χ3v) is 4.27. The lowest BCUT2D eigenvalue weighted by Crippen LogP contribution is -2.32. The van der Waals surface area contributed by atoms with Gasteiger partial charge in [0.2, 0.25) is 0 Å². The summed E-state index contributed by atoms with van der Waals surface area (Å²) in [6.07, 6.45) is 1.94. The maximum absolute atomic E-state index is 12.4. The summed E-state index contributed by atoms with van der Waals surface area (Å²) in [5.74, 6) is 0.731. The van der Waals surface area contributed by atoms with E-state index in [1.165, 1.54) is 0 Å². The molecule has 1 unspecified atom stereocenters. The molecule has 25 heavy (non-hydrogen) atoms. The molecule has 8 heteroatoms. The van der Waals surface area contributed by atoms with Gasteiger partial charge in [-0.15, -0.1) is 0 Å². The molecule has 1 aromatic heterocycles. The summed E-state index contributed by atoms with van der Waals surface area (Å²) < 4.78 is 5.49. The lowest BCUT2D eigenvalue weighted by atomic mass is 10.2. The molecule has 4 amide bonds. The molecule has 2 aromatic rings. The molecule has 0 spiro atoms. The van der Waals surface area contributed by atoms with Crippen LogP contribution in [-0.4, -0.2) is 30.1 Å². The number of furan rings is 1. The minimum absolute atomic E-state index is 0.171. The highest BCUT2D eigenvalue weighted by Crippen LogP contribution is 2.29. The van der Waals surface area contributed by atoms with Gasteiger partial charge in [-0.3, -0.25) is 9.59 Å². The zero-order valence-corrected chi connectivity index (χ0v) is 14.6. The quantitative estimate of drug-likeness (QED) is 0.801. The van der Waals surface area contributed by atoms with E-state index < -0.39 is 18.0 Å². The van der Waals surface area contributed by atoms with E-state index in [0.29, 0.717) is 22.9 Å². The number of benzene rings is 1. The molecule has 0 radical (unpaired) electrons. The Kier molecular flexibility index (Phi) is 4.80. The number of nitrogens with one attached hydrogen (secondary N) is 2. The van der Waals surface area contributed by atoms with Crippen LogP contribution in [0.2, 0.25) is 0 Å². The van der Waals surface area contributed by atoms with Gasteiger partial charge in [-0.2, -0.15) is 11.8 Å². The van der Waals surface area contributed by atoms with Crippen molar-refractivity contribution in [2.75, 3.05) is 16.5 Å². The van der Waals surface area contributed by atoms with Crippen LogP contribution < -0.4 is 15.5 Å². The van der Waals surface area contributed by atoms with Crippen LogP contribution >= 0.6 is 11.8 Å². The van der Waals surface area contributed by atoms with Gasteiger partial charge in [-0.05, 0) is 37.4 Å². The van der Waals surface area contributed by atoms with Gasteiger partial charge in [0.15, 0.2) is 5.76 Å². The second kappa shape index (κ2) is 7.02. The maximum Gasteiger partial charge on any atom is 0.329 e. The topological polar surface area (TPSA) is 91.7 Å². The fourth-order valence-electron chi connectivity index (χ4n) is 2.51. The minimum Gasteiger partial charge on any atom is -0.455 e. The predicted octanol–water partition coefficient (Wildman–Crippen LogP) is 2.84. The number of amides is 4. The number of thioether (sulfide) groups is 1. The van der Waals surface area contributed by atoms with Crippen molar-refractivity contribution < 1.29 is 18.8 Å². The highest BCUT2D eigenvalue weighted by molar-refractivity contribution is 7.97. The van der Waals surface area contributed by atoms with Crippen molar-refractivity contribution in [2.45, 2.75) is 18.7 Å². The normalized spacial score (nSPS) is 16.9. The fourth-order valence-corrected chi connectivity index (χ4v) is 2.95. The lowest BCUT2D eigenvalue weighted by Gasteiger charge is -2.17. The molecule has 1 fully saturated rings. The standard InChI is InChI=1S/C17H17N3O4S/c1-10-16(22)20(17(23)18-10)13-6-4-3-5-12(13)19-15(21)14-8-7-11(24-14)9-25-2/h3-8,10H,9H2,1-2H3,(H,18,23)(H,19,21). The number of rotatable bonds is 5. The van der Waals surface area contributed by atoms with E-state index >= 15 is 0 Å². The third kappa shape index (κ3) is 3.39. The first-order chi connectivity index (χ1) is 12.0. The molecule has 2 N–H and O–H groups in total. The molecular formula is C17H17N3O4S. The van der Waals surface area contributed by atoms with E-state index in [-0.39, 0.29) is 11.7 Å². The first kappa shape index (κ1) is 17.1. The van der Waals surface area contributed by atoms with Gasteiger partial charge in [0.05, 0.1) is 17.1 Å². The highest BCUT2D eigenvalue weighted by atomic mass is 32.2. The van der Waals surface area contributed by atoms with E-state index in [0.717, 1.165) is 4.90 Å². The molecule has 3 rings (SSSR count). The number of urea groups is 1. The summed E-state index contributed by atoms with van der Waals surface area (Å²) in [5.41, 5.74) is 0.673. The molecule has 0 aliphatic carbocycles. The lowest BCUT2D eigenvalue weighted by molar-refractivity contribution is -0.117. The second-order valence-corrected chi connectivity index (χ2v) is 6.38. The molecule has 0 saturated carbocycles. The monoisotopic (exact) mass is 359 g/mol. The molecule has 1 aliphatic rings. The Morgan fingerprint density at radius 1 is 1.28 bits per heavy atom. The van der Waals surface area contributed by atoms with Crippen LogP contribution in [0.25, 0.3) is 0 Å². The van der Waals surface area contributed by atoms with Crippen LogP contribution in [0.4, 0.5) is 16.2 Å². The largest absolute Gasteiger partial charge is 0.455 e. The number of carbonyl (C=O) groups is 3. The summed E-state index contributed by atoms with van der Waals surface area (Å²) in [6, 6.07) is 8.86. The molecule has 1 aliphatic heterocycles. The Morgan fingerprint density at radius 2 is 2.04 bits per heavy atom. The van der Waals surface area contributed by atoms with Gasteiger partial charge < -0.3 is 15.1 Å². The van der Waals surface area contributed by atoms with Crippen molar-refractivity contribution in [3.63, 3.8) is 0 Å². The van der Waals surface area contributed by atoms with Crippen molar-refractivity contribution in [1.82, 2.24) is 5.32 Å². The summed E-state index contributed by atoms with van der Waals surface area (Å²) in [5, 5.41) is 5.25. The molecule has 0 bridgehead atoms. The van der Waals surface area contributed by atoms with E-state index in [4.69, 9.17) is 4.42 Å². The molecule has 7 nitrogen and oxygen atoms in total. The number of anilines is 2. The van der Waals surface area contributed by atoms with E-state index in [2.05, 4.69) is 10.6 Å². The number of nitrogens with zero attached hydrogens (tertiary/aromatic N) is 1. The van der Waals surface area contributed by atoms with Crippen LogP contribution in [-0.2, 0) is 10.5 Å². The number of para-hydroxylation sites is 2. The number of carbonyl (C=O) groups excluding carboxylic acids is 3. The fraction of sp³-hybridized carbons (Fsp3) is 0.235. The Bertz CT molecular complexity index is 833. The third-order valence-electron chi connectivity index (χ3n) is 3.70. The molecular weight excluding hydrogens is 342 g/mol. The van der Waals surface area contributed by atoms with E-state index in [1.54, 1.807) is 55.1 Å². The SMILES string of the molecule is CSCc1ccc(C(=O)Nc2ccccc2N2C(=O)NC(C)C2=O)o1. The van der Waals surface area contributed by atoms with Crippen LogP contribution in [0, 0.1) is 0 Å². The van der Waals surface area contributed by atoms with Gasteiger partial charge in [0, 0.05) is 0 Å². The van der Waals surface area contributed by atoms with Crippen LogP contribution in [0.15, 0.2) is 40.8 Å². The number of hydrogen-bond donors (Lipinski definition) is 2. The van der Waals surface area contributed by atoms with Crippen molar-refractivity contribution in [3.05, 3.63) is 47.9 Å². The van der Waals surface area contributed by atoms with Gasteiger partial charge in [0.25, 0.3) is 11.8 Å². The zero-order valence-electron chi connectivity index (χ0n) is 13.7. The van der Waals surface area contributed by atoms with Crippen molar-refractivity contribution >= 4 is 41.0 Å². The second-order valence-electron chi connectivity index (χ2n) is 5.52. The average molecular weight is 359 g/mol. The number of hydrogen-bond acceptors (Lipinski definition) is 5. The number of imide groups is 1. The van der Waals surface area contributed by atoms with Crippen molar-refractivity contribution in [1.29, 1.82) is 0 Å². The Hall–Kier alpha value is -2.74. The Morgan fingerprint density at radius 3 is 2.72 bits per heavy atom. The first-order valence-electron chi connectivity index (χ1n) is 7.63. The molecule has 130 valence electrons. The summed E-state index contributed by atoms with van der Waals surface area (Å²) >= 11 is 1.59. The Labute approximate surface area is 148 Å². The molecule has 1 aromatic carbocycles. The van der Waals surface area contributed by atoms with Crippen LogP contribution in [0.3, 0.4) is 0 Å². The summed E-state index contributed by atoms with van der Waals surface area (Å²) in [6.45, 7) is 1.61. The summed E-state index contributed by atoms with van der Waals surface area (Å²) in [7, 11) is 0. The van der Waals surface area contributed by atoms with Gasteiger partial charge in [-0.25, -0.2) is 9.69 Å². The highest BCUT2D eigenvalue weighted by Gasteiger charge is 2.37. The predicted molar refractivity (Wildman–Crippen MR) is 95.8 cm³/mol. The van der Waals surface area contributed by atoms with Crippen LogP contribution in [0.5, 0.6) is 0 Å².